The second-order valence-corrected chi connectivity index (χ2v) is 6.38. The van der Waals surface area contributed by atoms with Gasteiger partial charge in [0.05, 0.1) is 18.2 Å². The molecule has 3 nitrogen and oxygen atoms in total. The number of aliphatic hydroxyl groups is 1. The fraction of sp³-hybridized carbons (Fsp3) is 0.600. The van der Waals surface area contributed by atoms with Gasteiger partial charge < -0.3 is 9.84 Å². The summed E-state index contributed by atoms with van der Waals surface area (Å²) >= 11 is 5.82. The third kappa shape index (κ3) is 2.58. The van der Waals surface area contributed by atoms with Gasteiger partial charge in [-0.3, -0.25) is 4.90 Å². The van der Waals surface area contributed by atoms with Gasteiger partial charge in [0.2, 0.25) is 0 Å². The van der Waals surface area contributed by atoms with Crippen molar-refractivity contribution in [3.63, 3.8) is 0 Å². The lowest BCUT2D eigenvalue weighted by molar-refractivity contribution is -0.0561. The molecular weight excluding hydrogens is 281 g/mol. The maximum absolute atomic E-state index is 13.2. The number of hydrogen-bond acceptors (Lipinski definition) is 3. The molecule has 0 radical (unpaired) electrons. The number of halogens is 2. The largest absolute Gasteiger partial charge is 0.396 e. The van der Waals surface area contributed by atoms with Gasteiger partial charge in [0.1, 0.15) is 5.82 Å². The summed E-state index contributed by atoms with van der Waals surface area (Å²) in [5, 5.41) is 9.90. The summed E-state index contributed by atoms with van der Waals surface area (Å²) in [7, 11) is 0. The van der Waals surface area contributed by atoms with Crippen molar-refractivity contribution in [1.29, 1.82) is 0 Å². The van der Waals surface area contributed by atoms with Crippen molar-refractivity contribution < 1.29 is 14.2 Å². The van der Waals surface area contributed by atoms with Crippen LogP contribution in [0.4, 0.5) is 4.39 Å². The Morgan fingerprint density at radius 2 is 2.35 bits per heavy atom. The predicted molar refractivity (Wildman–Crippen MR) is 75.1 cm³/mol. The van der Waals surface area contributed by atoms with Crippen LogP contribution in [-0.2, 0) is 11.3 Å². The molecule has 3 rings (SSSR count). The summed E-state index contributed by atoms with van der Waals surface area (Å²) in [4.78, 5) is 2.30. The second-order valence-electron chi connectivity index (χ2n) is 5.98. The van der Waals surface area contributed by atoms with Gasteiger partial charge in [-0.1, -0.05) is 17.7 Å². The van der Waals surface area contributed by atoms with Crippen LogP contribution in [0.3, 0.4) is 0 Å². The van der Waals surface area contributed by atoms with Crippen molar-refractivity contribution in [2.45, 2.75) is 13.0 Å². The Hall–Kier alpha value is -0.680. The molecular formula is C15H19ClFNO2. The number of hydrogen-bond donors (Lipinski definition) is 1. The fourth-order valence-corrected chi connectivity index (χ4v) is 3.65. The highest BCUT2D eigenvalue weighted by Crippen LogP contribution is 2.41. The Morgan fingerprint density at radius 3 is 3.05 bits per heavy atom. The van der Waals surface area contributed by atoms with Gasteiger partial charge in [-0.25, -0.2) is 4.39 Å². The first-order valence-electron chi connectivity index (χ1n) is 6.98. The van der Waals surface area contributed by atoms with E-state index in [0.717, 1.165) is 38.2 Å². The van der Waals surface area contributed by atoms with Crippen LogP contribution in [-0.4, -0.2) is 42.9 Å². The first-order valence-corrected chi connectivity index (χ1v) is 7.36. The number of benzene rings is 1. The topological polar surface area (TPSA) is 32.7 Å². The van der Waals surface area contributed by atoms with Crippen LogP contribution < -0.4 is 0 Å². The van der Waals surface area contributed by atoms with Crippen LogP contribution >= 0.6 is 11.6 Å². The van der Waals surface area contributed by atoms with Crippen molar-refractivity contribution in [3.05, 3.63) is 34.6 Å². The van der Waals surface area contributed by atoms with E-state index in [4.69, 9.17) is 16.3 Å². The highest BCUT2D eigenvalue weighted by Gasteiger charge is 2.47. The van der Waals surface area contributed by atoms with E-state index in [2.05, 4.69) is 4.90 Å². The first kappa shape index (κ1) is 14.3. The Kier molecular flexibility index (Phi) is 4.00. The van der Waals surface area contributed by atoms with E-state index in [0.29, 0.717) is 12.5 Å². The average Bonchev–Trinajstić information content (AvgIpc) is 2.81. The van der Waals surface area contributed by atoms with Gasteiger partial charge in [0.15, 0.2) is 0 Å². The van der Waals surface area contributed by atoms with Gasteiger partial charge in [-0.05, 0) is 30.0 Å². The molecule has 0 bridgehead atoms. The molecule has 0 spiro atoms. The zero-order valence-corrected chi connectivity index (χ0v) is 12.1. The highest BCUT2D eigenvalue weighted by atomic mass is 35.5. The number of aliphatic hydroxyl groups excluding tert-OH is 1. The first-order chi connectivity index (χ1) is 9.63. The normalized spacial score (nSPS) is 30.4. The zero-order valence-electron chi connectivity index (χ0n) is 11.3. The SMILES string of the molecule is OC[C@]12COCC[C@H]1CN(Cc1ccc(F)c(Cl)c1)C2. The van der Waals surface area contributed by atoms with Crippen molar-refractivity contribution in [2.75, 3.05) is 32.9 Å². The minimum absolute atomic E-state index is 0.123. The van der Waals surface area contributed by atoms with Crippen molar-refractivity contribution >= 4 is 11.6 Å². The molecule has 110 valence electrons. The smallest absolute Gasteiger partial charge is 0.141 e. The average molecular weight is 300 g/mol. The van der Waals surface area contributed by atoms with Crippen LogP contribution in [0.15, 0.2) is 18.2 Å². The lowest BCUT2D eigenvalue weighted by atomic mass is 9.76. The van der Waals surface area contributed by atoms with Crippen molar-refractivity contribution in [1.82, 2.24) is 4.90 Å². The molecule has 2 aliphatic rings. The second kappa shape index (κ2) is 5.60. The molecule has 0 saturated carbocycles. The summed E-state index contributed by atoms with van der Waals surface area (Å²) in [6, 6.07) is 4.86. The summed E-state index contributed by atoms with van der Waals surface area (Å²) in [6.07, 6.45) is 1.00. The molecule has 2 saturated heterocycles. The van der Waals surface area contributed by atoms with Gasteiger partial charge in [0.25, 0.3) is 0 Å². The number of ether oxygens (including phenoxy) is 1. The number of fused-ring (bicyclic) bond motifs is 1. The molecule has 2 aliphatic heterocycles. The molecule has 2 heterocycles. The fourth-order valence-electron chi connectivity index (χ4n) is 3.45. The Bertz CT molecular complexity index is 499. The van der Waals surface area contributed by atoms with E-state index in [1.165, 1.54) is 6.07 Å². The van der Waals surface area contributed by atoms with Crippen LogP contribution in [0.2, 0.25) is 5.02 Å². The lowest BCUT2D eigenvalue weighted by Crippen LogP contribution is -2.42. The van der Waals surface area contributed by atoms with Gasteiger partial charge >= 0.3 is 0 Å². The van der Waals surface area contributed by atoms with Crippen LogP contribution in [0.25, 0.3) is 0 Å². The Balaban J connectivity index is 1.71. The van der Waals surface area contributed by atoms with E-state index >= 15 is 0 Å². The van der Waals surface area contributed by atoms with Crippen LogP contribution in [0.1, 0.15) is 12.0 Å². The molecule has 0 aromatic heterocycles. The maximum Gasteiger partial charge on any atom is 0.141 e. The molecule has 0 unspecified atom stereocenters. The summed E-state index contributed by atoms with van der Waals surface area (Å²) in [5.41, 5.74) is 0.881. The number of nitrogens with zero attached hydrogens (tertiary/aromatic N) is 1. The van der Waals surface area contributed by atoms with Gasteiger partial charge in [0, 0.05) is 31.7 Å². The van der Waals surface area contributed by atoms with Crippen molar-refractivity contribution in [2.24, 2.45) is 11.3 Å². The van der Waals surface area contributed by atoms with E-state index in [9.17, 15) is 9.50 Å². The zero-order chi connectivity index (χ0) is 14.2. The molecule has 20 heavy (non-hydrogen) atoms. The molecule has 1 aromatic rings. The van der Waals surface area contributed by atoms with Crippen molar-refractivity contribution in [3.8, 4) is 0 Å². The quantitative estimate of drug-likeness (QED) is 0.930. The molecule has 0 aliphatic carbocycles. The molecule has 0 amide bonds. The molecule has 2 atom stereocenters. The Morgan fingerprint density at radius 1 is 1.50 bits per heavy atom. The molecule has 1 N–H and O–H groups in total. The molecule has 1 aromatic carbocycles. The lowest BCUT2D eigenvalue weighted by Gasteiger charge is -2.36. The molecule has 5 heteroatoms. The third-order valence-electron chi connectivity index (χ3n) is 4.59. The summed E-state index contributed by atoms with van der Waals surface area (Å²) in [5.74, 6) is 0.0999. The summed E-state index contributed by atoms with van der Waals surface area (Å²) in [6.45, 7) is 4.09. The monoisotopic (exact) mass is 299 g/mol. The standard InChI is InChI=1S/C15H19ClFNO2/c16-13-5-11(1-2-14(13)17)6-18-7-12-3-4-20-10-15(12,8-18)9-19/h1-2,5,12,19H,3-4,6-10H2/t12-,15+/m0/s1. The van der Waals surface area contributed by atoms with Gasteiger partial charge in [-0.2, -0.15) is 0 Å². The van der Waals surface area contributed by atoms with E-state index in [1.54, 1.807) is 12.1 Å². The Labute approximate surface area is 123 Å². The number of likely N-dealkylation sites (tertiary alicyclic amines) is 1. The maximum atomic E-state index is 13.2. The minimum Gasteiger partial charge on any atom is -0.396 e. The van der Waals surface area contributed by atoms with Crippen LogP contribution in [0.5, 0.6) is 0 Å². The van der Waals surface area contributed by atoms with E-state index < -0.39 is 0 Å². The third-order valence-corrected chi connectivity index (χ3v) is 4.88. The highest BCUT2D eigenvalue weighted by molar-refractivity contribution is 6.30. The van der Waals surface area contributed by atoms with Gasteiger partial charge in [-0.15, -0.1) is 0 Å². The molecule has 2 fully saturated rings. The number of rotatable bonds is 3. The van der Waals surface area contributed by atoms with E-state index in [-0.39, 0.29) is 22.9 Å². The predicted octanol–water partition coefficient (Wildman–Crippen LogP) is 2.31. The van der Waals surface area contributed by atoms with E-state index in [1.807, 2.05) is 0 Å². The van der Waals surface area contributed by atoms with Crippen LogP contribution in [0, 0.1) is 17.2 Å². The summed E-state index contributed by atoms with van der Waals surface area (Å²) < 4.78 is 18.7. The minimum atomic E-state index is -0.384.